The number of hydrogen-bond acceptors (Lipinski definition) is 2. The van der Waals surface area contributed by atoms with Crippen molar-refractivity contribution in [2.24, 2.45) is 0 Å². The van der Waals surface area contributed by atoms with Gasteiger partial charge in [-0.1, -0.05) is 0 Å². The Morgan fingerprint density at radius 3 is 1.14 bits per heavy atom. The summed E-state index contributed by atoms with van der Waals surface area (Å²) in [4.78, 5) is 0. The van der Waals surface area contributed by atoms with Crippen molar-refractivity contribution in [3.05, 3.63) is 0 Å². The van der Waals surface area contributed by atoms with Gasteiger partial charge in [-0.15, -0.1) is 0 Å². The predicted molar refractivity (Wildman–Crippen MR) is 29.9 cm³/mol. The van der Waals surface area contributed by atoms with Crippen molar-refractivity contribution in [3.8, 4) is 0 Å². The second-order valence-electron chi connectivity index (χ2n) is 0.448. The summed E-state index contributed by atoms with van der Waals surface area (Å²) in [5.74, 6) is 0. The van der Waals surface area contributed by atoms with Gasteiger partial charge in [0, 0.05) is 0 Å². The van der Waals surface area contributed by atoms with Gasteiger partial charge < -0.3 is 0 Å². The van der Waals surface area contributed by atoms with E-state index in [4.69, 9.17) is 17.5 Å². The van der Waals surface area contributed by atoms with Gasteiger partial charge in [-0.2, -0.15) is 8.42 Å². The third-order valence-electron chi connectivity index (χ3n) is 0. The van der Waals surface area contributed by atoms with Crippen LogP contribution in [0.3, 0.4) is 0 Å². The van der Waals surface area contributed by atoms with Crippen LogP contribution in [0, 0.1) is 0 Å². The molecule has 0 rings (SSSR count). The van der Waals surface area contributed by atoms with Crippen LogP contribution >= 0.6 is 0 Å². The maximum absolute atomic E-state index is 8.74. The Hall–Kier alpha value is 1.79. The van der Waals surface area contributed by atoms with Crippen LogP contribution in [0.2, 0.25) is 0 Å². The third-order valence-corrected chi connectivity index (χ3v) is 0. The quantitative estimate of drug-likeness (QED) is 0.390. The zero-order valence-corrected chi connectivity index (χ0v) is 9.14. The molecule has 0 aromatic carbocycles. The molecule has 0 fully saturated rings. The summed E-state index contributed by atoms with van der Waals surface area (Å²) >= 11 is 0. The third kappa shape index (κ3) is 81.4. The first-order chi connectivity index (χ1) is 2.00. The number of hydrogen-bond donors (Lipinski definition) is 2. The van der Waals surface area contributed by atoms with E-state index in [1.54, 1.807) is 0 Å². The van der Waals surface area contributed by atoms with Crippen molar-refractivity contribution in [3.63, 3.8) is 0 Å². The summed E-state index contributed by atoms with van der Waals surface area (Å²) < 4.78 is 31.6. The summed E-state index contributed by atoms with van der Waals surface area (Å²) in [5, 5.41) is 0. The van der Waals surface area contributed by atoms with Gasteiger partial charge in [0.15, 0.2) is 0 Å². The second kappa shape index (κ2) is 5.92. The van der Waals surface area contributed by atoms with E-state index in [-0.39, 0.29) is 56.9 Å². The molecule has 0 saturated heterocycles. The van der Waals surface area contributed by atoms with Crippen molar-refractivity contribution in [2.45, 2.75) is 0 Å². The monoisotopic (exact) mass is 332 g/mol. The zero-order valence-electron chi connectivity index (χ0n) is 2.83. The Labute approximate surface area is 83.7 Å². The molecular formula is H5NaO4PbS. The van der Waals surface area contributed by atoms with Crippen LogP contribution in [0.25, 0.3) is 0 Å². The van der Waals surface area contributed by atoms with Crippen LogP contribution in [0.4, 0.5) is 0 Å². The molecule has 0 heterocycles. The molecule has 0 aliphatic carbocycles. The van der Waals surface area contributed by atoms with E-state index in [1.165, 1.54) is 0 Å². The van der Waals surface area contributed by atoms with Crippen LogP contribution in [-0.4, -0.2) is 74.4 Å². The zero-order chi connectivity index (χ0) is 4.50. The van der Waals surface area contributed by atoms with Crippen LogP contribution < -0.4 is 0 Å². The van der Waals surface area contributed by atoms with Gasteiger partial charge in [-0.25, -0.2) is 0 Å². The molecule has 0 bridgehead atoms. The Balaban J connectivity index is -0.0000000800. The van der Waals surface area contributed by atoms with E-state index in [0.29, 0.717) is 0 Å². The standard InChI is InChI=1S/Na.H2O4S.Pb.3H/c;1-5(2,3)4;;;;/h;(H2,1,2,3,4);;;;. The van der Waals surface area contributed by atoms with Crippen molar-refractivity contribution in [1.29, 1.82) is 0 Å². The van der Waals surface area contributed by atoms with Gasteiger partial charge in [-0.3, -0.25) is 9.11 Å². The van der Waals surface area contributed by atoms with E-state index in [9.17, 15) is 0 Å². The molecule has 0 saturated carbocycles. The van der Waals surface area contributed by atoms with Crippen LogP contribution in [0.1, 0.15) is 0 Å². The molecule has 7 heavy (non-hydrogen) atoms. The fourth-order valence-corrected chi connectivity index (χ4v) is 0. The Bertz CT molecular complexity index is 94.9. The Morgan fingerprint density at radius 1 is 1.14 bits per heavy atom. The normalized spacial score (nSPS) is 8.29. The van der Waals surface area contributed by atoms with Crippen molar-refractivity contribution in [1.82, 2.24) is 0 Å². The van der Waals surface area contributed by atoms with Gasteiger partial charge in [0.1, 0.15) is 0 Å². The van der Waals surface area contributed by atoms with Crippen LogP contribution in [0.15, 0.2) is 0 Å². The molecule has 2 N–H and O–H groups in total. The Kier molecular flexibility index (Phi) is 13.5. The van der Waals surface area contributed by atoms with Crippen molar-refractivity contribution in [2.75, 3.05) is 0 Å². The maximum atomic E-state index is 8.74. The first-order valence-electron chi connectivity index (χ1n) is 0.698. The van der Waals surface area contributed by atoms with E-state index in [1.807, 2.05) is 0 Å². The van der Waals surface area contributed by atoms with Gasteiger partial charge in [-0.05, 0) is 0 Å². The van der Waals surface area contributed by atoms with E-state index in [0.717, 1.165) is 0 Å². The SMILES string of the molecule is O=S(=O)(O)O.[NaH].[PbH2]. The van der Waals surface area contributed by atoms with Crippen LogP contribution in [-0.2, 0) is 10.4 Å². The van der Waals surface area contributed by atoms with E-state index >= 15 is 0 Å². The molecule has 7 heteroatoms. The molecule has 0 aliphatic rings. The first kappa shape index (κ1) is 15.9. The number of rotatable bonds is 0. The van der Waals surface area contributed by atoms with Crippen LogP contribution in [0.5, 0.6) is 0 Å². The molecule has 0 atom stereocenters. The molecule has 2 radical (unpaired) electrons. The molecule has 0 aliphatic heterocycles. The Morgan fingerprint density at radius 2 is 1.14 bits per heavy atom. The van der Waals surface area contributed by atoms with Crippen molar-refractivity contribution >= 4 is 67.3 Å². The topological polar surface area (TPSA) is 74.6 Å². The van der Waals surface area contributed by atoms with Gasteiger partial charge in [0.25, 0.3) is 0 Å². The van der Waals surface area contributed by atoms with Crippen molar-refractivity contribution < 1.29 is 17.5 Å². The van der Waals surface area contributed by atoms with E-state index < -0.39 is 10.4 Å². The van der Waals surface area contributed by atoms with Gasteiger partial charge in [0.2, 0.25) is 0 Å². The molecule has 0 aromatic heterocycles. The van der Waals surface area contributed by atoms with Gasteiger partial charge >= 0.3 is 67.3 Å². The second-order valence-corrected chi connectivity index (χ2v) is 1.34. The fourth-order valence-electron chi connectivity index (χ4n) is 0. The minimum atomic E-state index is -4.67. The summed E-state index contributed by atoms with van der Waals surface area (Å²) in [7, 11) is -4.67. The molecule has 4 nitrogen and oxygen atoms in total. The van der Waals surface area contributed by atoms with Gasteiger partial charge in [0.05, 0.1) is 0 Å². The average Bonchev–Trinajstić information content (AvgIpc) is 0.722. The summed E-state index contributed by atoms with van der Waals surface area (Å²) in [6, 6.07) is 0. The fraction of sp³-hybridized carbons (Fsp3) is 0. The average molecular weight is 331 g/mol. The molecule has 0 amide bonds. The molecule has 40 valence electrons. The van der Waals surface area contributed by atoms with E-state index in [2.05, 4.69) is 0 Å². The first-order valence-corrected chi connectivity index (χ1v) is 2.10. The summed E-state index contributed by atoms with van der Waals surface area (Å²) in [6.07, 6.45) is 0. The summed E-state index contributed by atoms with van der Waals surface area (Å²) in [6.45, 7) is 0. The molecular weight excluding hydrogens is 326 g/mol. The minimum absolute atomic E-state index is 0. The molecule has 0 aromatic rings. The molecule has 0 unspecified atom stereocenters. The summed E-state index contributed by atoms with van der Waals surface area (Å²) in [5.41, 5.74) is 0. The predicted octanol–water partition coefficient (Wildman–Crippen LogP) is -2.22. The molecule has 0 spiro atoms.